The monoisotopic (exact) mass is 1250 g/mol. The Labute approximate surface area is 528 Å². The Morgan fingerprint density at radius 3 is 2.19 bits per heavy atom. The number of ether oxygens (including phenoxy) is 3. The summed E-state index contributed by atoms with van der Waals surface area (Å²) >= 11 is 0. The van der Waals surface area contributed by atoms with Crippen LogP contribution < -0.4 is 20.5 Å². The first kappa shape index (κ1) is 71.7. The van der Waals surface area contributed by atoms with E-state index in [-0.39, 0.29) is 31.7 Å². The molecule has 2 aromatic heterocycles. The van der Waals surface area contributed by atoms with E-state index in [1.54, 1.807) is 37.4 Å². The van der Waals surface area contributed by atoms with Crippen molar-refractivity contribution < 1.29 is 51.7 Å². The first-order chi connectivity index (χ1) is 42.7. The van der Waals surface area contributed by atoms with Gasteiger partial charge in [-0.2, -0.15) is 13.2 Å². The number of aliphatic hydroxyl groups is 1. The molecule has 7 heterocycles. The summed E-state index contributed by atoms with van der Waals surface area (Å²) in [4.78, 5) is 62.4. The molecular formula is C67H108F3N11O8. The average molecular weight is 1250 g/mol. The number of alkyl halides is 3. The number of fused-ring (bicyclic) bond motifs is 3. The Bertz CT molecular complexity index is 2650. The molecule has 11 rings (SSSR count). The molecule has 3 aromatic rings. The van der Waals surface area contributed by atoms with Gasteiger partial charge in [0.15, 0.2) is 0 Å². The molecule has 5 aliphatic heterocycles. The number of aldehydes is 2. The number of aliphatic hydroxyl groups excluding tert-OH is 1. The van der Waals surface area contributed by atoms with Crippen LogP contribution in [-0.2, 0) is 46.4 Å². The number of hydrogen-bond donors (Lipinski definition) is 3. The fraction of sp³-hybridized carbons (Fsp3) is 0.746. The van der Waals surface area contributed by atoms with E-state index in [1.165, 1.54) is 81.7 Å². The van der Waals surface area contributed by atoms with Gasteiger partial charge in [-0.3, -0.25) is 29.8 Å². The molecule has 19 nitrogen and oxygen atoms in total. The van der Waals surface area contributed by atoms with Crippen LogP contribution in [0.3, 0.4) is 0 Å². The fourth-order valence-electron chi connectivity index (χ4n) is 13.8. The molecular weight excluding hydrogens is 1140 g/mol. The predicted molar refractivity (Wildman–Crippen MR) is 345 cm³/mol. The highest BCUT2D eigenvalue weighted by molar-refractivity contribution is 5.95. The van der Waals surface area contributed by atoms with Gasteiger partial charge in [0.25, 0.3) is 6.47 Å². The number of likely N-dealkylation sites (N-methyl/N-ethyl adjacent to an activating group) is 1. The highest BCUT2D eigenvalue weighted by Gasteiger charge is 2.39. The van der Waals surface area contributed by atoms with Crippen molar-refractivity contribution in [3.8, 4) is 11.3 Å². The minimum absolute atomic E-state index is 0.0531. The lowest BCUT2D eigenvalue weighted by Gasteiger charge is -2.47. The minimum Gasteiger partial charge on any atom is -0.467 e. The van der Waals surface area contributed by atoms with Crippen molar-refractivity contribution in [3.05, 3.63) is 41.7 Å². The van der Waals surface area contributed by atoms with Gasteiger partial charge in [-0.15, -0.1) is 0 Å². The van der Waals surface area contributed by atoms with E-state index >= 15 is 0 Å². The second kappa shape index (κ2) is 34.2. The van der Waals surface area contributed by atoms with Crippen molar-refractivity contribution >= 4 is 47.7 Å². The third-order valence-corrected chi connectivity index (χ3v) is 20.0. The maximum absolute atomic E-state index is 14.7. The SMILES string of the molecule is CC(C1CC1)N(C)C=O.CCN(C)CC1CCN(C(C=O)C2CCCC2)C1.CN1NCC2CC1C2.CNC(C=O)CCCN(CCO)c1ccc2c(c1)c(CC(C)(C)COC=O)c(-c1cc(N3CCN(C4COC4)CC3)cnc1C(C)OC)n2CC(F)(F)F. The molecule has 89 heavy (non-hydrogen) atoms. The predicted octanol–water partition coefficient (Wildman–Crippen LogP) is 7.71. The Morgan fingerprint density at radius 1 is 0.933 bits per heavy atom. The molecule has 5 saturated heterocycles. The van der Waals surface area contributed by atoms with E-state index in [9.17, 15) is 37.5 Å². The van der Waals surface area contributed by atoms with E-state index < -0.39 is 24.2 Å². The lowest BCUT2D eigenvalue weighted by atomic mass is 9.78. The molecule has 2 bridgehead atoms. The van der Waals surface area contributed by atoms with Crippen LogP contribution in [0.4, 0.5) is 24.5 Å². The molecule has 22 heteroatoms. The number of amides is 1. The van der Waals surface area contributed by atoms with Gasteiger partial charge in [0, 0.05) is 120 Å². The lowest BCUT2D eigenvalue weighted by Crippen LogP contribution is -2.58. The summed E-state index contributed by atoms with van der Waals surface area (Å²) in [6, 6.07) is 8.99. The largest absolute Gasteiger partial charge is 0.467 e. The van der Waals surface area contributed by atoms with Crippen LogP contribution in [0.2, 0.25) is 0 Å². The normalized spacial score (nSPS) is 22.3. The maximum Gasteiger partial charge on any atom is 0.406 e. The molecule has 5 atom stereocenters. The van der Waals surface area contributed by atoms with E-state index in [0.29, 0.717) is 83.8 Å². The summed E-state index contributed by atoms with van der Waals surface area (Å²) in [6.45, 7) is 20.2. The number of anilines is 2. The highest BCUT2D eigenvalue weighted by Crippen LogP contribution is 2.44. The summed E-state index contributed by atoms with van der Waals surface area (Å²) in [5.74, 6) is 3.21. The van der Waals surface area contributed by atoms with Crippen LogP contribution in [0.25, 0.3) is 22.2 Å². The van der Waals surface area contributed by atoms with Gasteiger partial charge in [0.1, 0.15) is 19.1 Å². The van der Waals surface area contributed by atoms with Gasteiger partial charge in [0.2, 0.25) is 6.41 Å². The zero-order valence-corrected chi connectivity index (χ0v) is 55.2. The van der Waals surface area contributed by atoms with Crippen LogP contribution in [0.1, 0.15) is 123 Å². The number of pyridine rings is 1. The average Bonchev–Trinajstić information content (AvgIpc) is 1.62. The molecule has 8 fully saturated rings. The summed E-state index contributed by atoms with van der Waals surface area (Å²) in [6.07, 6.45) is 13.1. The number of rotatable bonds is 29. The molecule has 500 valence electrons. The third-order valence-electron chi connectivity index (χ3n) is 20.0. The first-order valence-corrected chi connectivity index (χ1v) is 33.1. The standard InChI is InChI=1S/C39H55F3N6O6.C15H28N2O.C7H13NO.C6H12N2/c1-27(52-5)36-33(18-30(20-44-36)46-11-13-47(14-12-46)31-22-53-23-31)37-34(19-38(2,3)25-54-26-51)32-17-29(8-9-35(32)48(37)24-39(40,41)42)45(15-16-49)10-6-7-28(21-50)43-4;1-3-16(2)10-13-8-9-17(11-13)15(12-18)14-6-4-5-7-14;1-6(7-3-4-7)8(2)5-9;1-8-6-2-5(3-6)4-7-8/h8-9,17-18,20-21,26-28,31,43,49H,6-7,10-16,19,22-25H2,1-5H3;12-15H,3-11H2,1-2H3;5-7H,3-4H2,1-2H3;5-7H,2-4H2,1H3. The molecule has 5 unspecified atom stereocenters. The maximum atomic E-state index is 14.7. The van der Waals surface area contributed by atoms with Gasteiger partial charge >= 0.3 is 6.18 Å². The van der Waals surface area contributed by atoms with Crippen molar-refractivity contribution in [2.45, 2.75) is 161 Å². The van der Waals surface area contributed by atoms with Gasteiger partial charge in [-0.05, 0) is 159 Å². The number of nitrogens with one attached hydrogen (secondary N) is 2. The number of benzene rings is 1. The number of halogens is 3. The minimum atomic E-state index is -4.56. The van der Waals surface area contributed by atoms with Crippen molar-refractivity contribution in [1.82, 2.24) is 44.9 Å². The summed E-state index contributed by atoms with van der Waals surface area (Å²) in [7, 11) is 9.45. The molecule has 0 spiro atoms. The Hall–Kier alpha value is -4.78. The van der Waals surface area contributed by atoms with Crippen molar-refractivity contribution in [3.63, 3.8) is 0 Å². The smallest absolute Gasteiger partial charge is 0.406 e. The van der Waals surface area contributed by atoms with E-state index in [2.05, 4.69) is 63.3 Å². The zero-order chi connectivity index (χ0) is 64.4. The van der Waals surface area contributed by atoms with Crippen LogP contribution in [0, 0.1) is 29.1 Å². The summed E-state index contributed by atoms with van der Waals surface area (Å²) < 4.78 is 61.7. The van der Waals surface area contributed by atoms with E-state index in [0.717, 1.165) is 107 Å². The van der Waals surface area contributed by atoms with Crippen molar-refractivity contribution in [1.29, 1.82) is 0 Å². The fourth-order valence-corrected chi connectivity index (χ4v) is 13.8. The summed E-state index contributed by atoms with van der Waals surface area (Å²) in [5, 5.41) is 15.9. The number of carbonyl (C=O) groups excluding carboxylic acids is 4. The van der Waals surface area contributed by atoms with Crippen molar-refractivity contribution in [2.75, 3.05) is 144 Å². The zero-order valence-electron chi connectivity index (χ0n) is 55.2. The van der Waals surface area contributed by atoms with Gasteiger partial charge < -0.3 is 58.4 Å². The molecule has 3 saturated carbocycles. The van der Waals surface area contributed by atoms with E-state index in [4.69, 9.17) is 19.2 Å². The van der Waals surface area contributed by atoms with Gasteiger partial charge in [0.05, 0.1) is 73.9 Å². The number of nitrogens with zero attached hydrogens (tertiary/aromatic N) is 9. The van der Waals surface area contributed by atoms with Crippen LogP contribution in [0.5, 0.6) is 0 Å². The third kappa shape index (κ3) is 20.1. The van der Waals surface area contributed by atoms with E-state index in [1.807, 2.05) is 44.9 Å². The molecule has 8 aliphatic rings. The number of carbonyl (C=O) groups is 4. The van der Waals surface area contributed by atoms with Crippen LogP contribution in [-0.4, -0.2) is 235 Å². The lowest BCUT2D eigenvalue weighted by molar-refractivity contribution is -0.139. The molecule has 3 aliphatic carbocycles. The second-order valence-electron chi connectivity index (χ2n) is 27.1. The second-order valence-corrected chi connectivity index (χ2v) is 27.1. The Balaban J connectivity index is 0.000000255. The van der Waals surface area contributed by atoms with Gasteiger partial charge in [-0.1, -0.05) is 33.6 Å². The number of methoxy groups -OCH3 is 1. The number of hydrazine groups is 1. The topological polar surface area (TPSA) is 181 Å². The first-order valence-electron chi connectivity index (χ1n) is 33.1. The number of likely N-dealkylation sites (tertiary alicyclic amines) is 1. The molecule has 0 radical (unpaired) electrons. The number of piperazine rings is 1. The molecule has 1 aromatic carbocycles. The summed E-state index contributed by atoms with van der Waals surface area (Å²) in [5.41, 5.74) is 6.69. The quantitative estimate of drug-likeness (QED) is 0.0575. The Kier molecular flexibility index (Phi) is 27.6. The Morgan fingerprint density at radius 2 is 1.65 bits per heavy atom. The molecule has 3 N–H and O–H groups in total. The van der Waals surface area contributed by atoms with Crippen molar-refractivity contribution in [2.24, 2.45) is 29.1 Å². The number of aromatic nitrogens is 2. The molecule has 1 amide bonds. The highest BCUT2D eigenvalue weighted by atomic mass is 19.4. The number of hydrogen-bond acceptors (Lipinski definition) is 17. The van der Waals surface area contributed by atoms with Crippen LogP contribution in [0.15, 0.2) is 30.5 Å². The van der Waals surface area contributed by atoms with Gasteiger partial charge in [-0.25, -0.2) is 5.01 Å². The van der Waals surface area contributed by atoms with Crippen LogP contribution >= 0.6 is 0 Å².